The van der Waals surface area contributed by atoms with Crippen molar-refractivity contribution in [2.75, 3.05) is 25.7 Å². The van der Waals surface area contributed by atoms with Crippen molar-refractivity contribution in [1.29, 1.82) is 0 Å². The molecule has 98 valence electrons. The fraction of sp³-hybridized carbons (Fsp3) is 0.800. The van der Waals surface area contributed by atoms with E-state index in [-0.39, 0.29) is 36.2 Å². The van der Waals surface area contributed by atoms with Gasteiger partial charge in [0.05, 0.1) is 25.7 Å². The lowest BCUT2D eigenvalue weighted by Crippen LogP contribution is -2.20. The van der Waals surface area contributed by atoms with Crippen LogP contribution in [0.4, 0.5) is 0 Å². The van der Waals surface area contributed by atoms with Crippen LogP contribution in [0.5, 0.6) is 0 Å². The Morgan fingerprint density at radius 1 is 1.00 bits per heavy atom. The average molecular weight is 264 g/mol. The summed E-state index contributed by atoms with van der Waals surface area (Å²) in [5, 5.41) is 0. The summed E-state index contributed by atoms with van der Waals surface area (Å²) in [6.45, 7) is 0. The lowest BCUT2D eigenvalue weighted by atomic mass is 9.90. The first kappa shape index (κ1) is 14.0. The molecule has 17 heavy (non-hydrogen) atoms. The molecule has 0 saturated carbocycles. The minimum atomic E-state index is -3.17. The Morgan fingerprint density at radius 3 is 1.65 bits per heavy atom. The molecule has 1 saturated heterocycles. The number of hydrogen-bond acceptors (Lipinski definition) is 6. The van der Waals surface area contributed by atoms with Crippen molar-refractivity contribution in [1.82, 2.24) is 0 Å². The molecule has 7 heteroatoms. The molecule has 0 spiro atoms. The number of esters is 2. The van der Waals surface area contributed by atoms with Crippen LogP contribution in [0.1, 0.15) is 12.8 Å². The molecule has 0 radical (unpaired) electrons. The molecule has 1 rings (SSSR count). The number of carbonyl (C=O) groups is 2. The predicted molar refractivity (Wildman–Crippen MR) is 58.9 cm³/mol. The summed E-state index contributed by atoms with van der Waals surface area (Å²) in [6.07, 6.45) is 0.0504. The Morgan fingerprint density at radius 2 is 1.35 bits per heavy atom. The molecule has 1 heterocycles. The summed E-state index contributed by atoms with van der Waals surface area (Å²) in [6, 6.07) is 0. The number of methoxy groups -OCH3 is 2. The van der Waals surface area contributed by atoms with E-state index in [2.05, 4.69) is 9.47 Å². The van der Waals surface area contributed by atoms with Crippen LogP contribution in [0.3, 0.4) is 0 Å². The lowest BCUT2D eigenvalue weighted by Gasteiger charge is -2.15. The molecular weight excluding hydrogens is 248 g/mol. The first-order valence-corrected chi connectivity index (χ1v) is 7.04. The van der Waals surface area contributed by atoms with Crippen LogP contribution < -0.4 is 0 Å². The maximum Gasteiger partial charge on any atom is 0.305 e. The number of sulfone groups is 1. The van der Waals surface area contributed by atoms with Crippen LogP contribution in [0.15, 0.2) is 0 Å². The number of hydrogen-bond donors (Lipinski definition) is 0. The van der Waals surface area contributed by atoms with Crippen molar-refractivity contribution in [2.45, 2.75) is 12.8 Å². The van der Waals surface area contributed by atoms with Crippen molar-refractivity contribution >= 4 is 21.8 Å². The fourth-order valence-corrected chi connectivity index (χ4v) is 4.26. The molecule has 0 aromatic rings. The van der Waals surface area contributed by atoms with Crippen LogP contribution in [0.25, 0.3) is 0 Å². The van der Waals surface area contributed by atoms with Crippen molar-refractivity contribution in [2.24, 2.45) is 11.8 Å². The Balaban J connectivity index is 2.71. The van der Waals surface area contributed by atoms with Gasteiger partial charge in [-0.1, -0.05) is 0 Å². The molecule has 0 aromatic heterocycles. The van der Waals surface area contributed by atoms with E-state index < -0.39 is 21.8 Å². The topological polar surface area (TPSA) is 86.7 Å². The quantitative estimate of drug-likeness (QED) is 0.652. The third kappa shape index (κ3) is 3.99. The van der Waals surface area contributed by atoms with Gasteiger partial charge in [0.2, 0.25) is 0 Å². The lowest BCUT2D eigenvalue weighted by molar-refractivity contribution is -0.144. The maximum absolute atomic E-state index is 11.5. The van der Waals surface area contributed by atoms with Gasteiger partial charge >= 0.3 is 11.9 Å². The van der Waals surface area contributed by atoms with Crippen LogP contribution in [0.2, 0.25) is 0 Å². The highest BCUT2D eigenvalue weighted by Gasteiger charge is 2.39. The first-order valence-electron chi connectivity index (χ1n) is 5.22. The SMILES string of the molecule is COC(=O)C[C@@H]1CS(=O)(=O)C[C@@H]1CC(=O)OC. The highest BCUT2D eigenvalue weighted by atomic mass is 32.2. The summed E-state index contributed by atoms with van der Waals surface area (Å²) in [4.78, 5) is 22.3. The number of carbonyl (C=O) groups excluding carboxylic acids is 2. The van der Waals surface area contributed by atoms with Gasteiger partial charge in [-0.15, -0.1) is 0 Å². The van der Waals surface area contributed by atoms with Crippen LogP contribution in [0, 0.1) is 11.8 Å². The van der Waals surface area contributed by atoms with Crippen LogP contribution in [-0.4, -0.2) is 46.1 Å². The van der Waals surface area contributed by atoms with Gasteiger partial charge in [-0.2, -0.15) is 0 Å². The summed E-state index contributed by atoms with van der Waals surface area (Å²) < 4.78 is 32.0. The highest BCUT2D eigenvalue weighted by molar-refractivity contribution is 7.91. The number of ether oxygens (including phenoxy) is 2. The van der Waals surface area contributed by atoms with E-state index >= 15 is 0 Å². The molecule has 0 aliphatic carbocycles. The molecule has 2 atom stereocenters. The molecule has 1 fully saturated rings. The van der Waals surface area contributed by atoms with E-state index in [1.165, 1.54) is 14.2 Å². The van der Waals surface area contributed by atoms with Gasteiger partial charge in [0.1, 0.15) is 0 Å². The van der Waals surface area contributed by atoms with Crippen LogP contribution >= 0.6 is 0 Å². The smallest absolute Gasteiger partial charge is 0.305 e. The highest BCUT2D eigenvalue weighted by Crippen LogP contribution is 2.31. The van der Waals surface area contributed by atoms with Gasteiger partial charge in [0, 0.05) is 12.8 Å². The molecular formula is C10H16O6S. The van der Waals surface area contributed by atoms with Gasteiger partial charge in [0.15, 0.2) is 9.84 Å². The van der Waals surface area contributed by atoms with E-state index in [9.17, 15) is 18.0 Å². The molecule has 6 nitrogen and oxygen atoms in total. The zero-order valence-corrected chi connectivity index (χ0v) is 10.7. The molecule has 0 amide bonds. The second kappa shape index (κ2) is 5.48. The molecule has 0 aromatic carbocycles. The number of rotatable bonds is 4. The van der Waals surface area contributed by atoms with E-state index in [1.807, 2.05) is 0 Å². The monoisotopic (exact) mass is 264 g/mol. The minimum Gasteiger partial charge on any atom is -0.469 e. The zero-order valence-electron chi connectivity index (χ0n) is 9.84. The first-order chi connectivity index (χ1) is 7.88. The van der Waals surface area contributed by atoms with E-state index in [0.717, 1.165) is 0 Å². The van der Waals surface area contributed by atoms with Gasteiger partial charge in [0.25, 0.3) is 0 Å². The van der Waals surface area contributed by atoms with E-state index in [0.29, 0.717) is 0 Å². The summed E-state index contributed by atoms with van der Waals surface area (Å²) >= 11 is 0. The van der Waals surface area contributed by atoms with Gasteiger partial charge in [-0.25, -0.2) is 8.42 Å². The second-order valence-corrected chi connectivity index (χ2v) is 6.31. The summed E-state index contributed by atoms with van der Waals surface area (Å²) in [7, 11) is -0.666. The van der Waals surface area contributed by atoms with Gasteiger partial charge < -0.3 is 9.47 Å². The van der Waals surface area contributed by atoms with E-state index in [4.69, 9.17) is 0 Å². The third-order valence-electron chi connectivity index (χ3n) is 2.92. The predicted octanol–water partition coefficient (Wildman–Crippen LogP) is -0.227. The van der Waals surface area contributed by atoms with Crippen molar-refractivity contribution in [3.8, 4) is 0 Å². The summed E-state index contributed by atoms with van der Waals surface area (Å²) in [5.74, 6) is -1.75. The molecule has 0 bridgehead atoms. The average Bonchev–Trinajstić information content (AvgIpc) is 2.52. The Labute approximate surface area is 100 Å². The Hall–Kier alpha value is -1.11. The maximum atomic E-state index is 11.5. The minimum absolute atomic E-state index is 0.0252. The Bertz CT molecular complexity index is 367. The largest absolute Gasteiger partial charge is 0.469 e. The van der Waals surface area contributed by atoms with Gasteiger partial charge in [-0.05, 0) is 11.8 Å². The third-order valence-corrected chi connectivity index (χ3v) is 4.79. The second-order valence-electron chi connectivity index (χ2n) is 4.16. The van der Waals surface area contributed by atoms with Gasteiger partial charge in [-0.3, -0.25) is 9.59 Å². The van der Waals surface area contributed by atoms with Crippen molar-refractivity contribution in [3.05, 3.63) is 0 Å². The fourth-order valence-electron chi connectivity index (χ4n) is 2.04. The molecule has 0 N–H and O–H groups in total. The zero-order chi connectivity index (χ0) is 13.1. The molecule has 0 unspecified atom stereocenters. The van der Waals surface area contributed by atoms with Crippen LogP contribution in [-0.2, 0) is 28.9 Å². The molecule has 1 aliphatic heterocycles. The van der Waals surface area contributed by atoms with Crippen molar-refractivity contribution in [3.63, 3.8) is 0 Å². The molecule has 1 aliphatic rings. The van der Waals surface area contributed by atoms with Crippen molar-refractivity contribution < 1.29 is 27.5 Å². The summed E-state index contributed by atoms with van der Waals surface area (Å²) in [5.41, 5.74) is 0. The van der Waals surface area contributed by atoms with E-state index in [1.54, 1.807) is 0 Å². The Kier molecular flexibility index (Phi) is 4.50. The standard InChI is InChI=1S/C10H16O6S/c1-15-9(11)3-7-5-17(13,14)6-8(7)4-10(12)16-2/h7-8H,3-6H2,1-2H3/t7-,8+. The normalized spacial score (nSPS) is 26.5.